The van der Waals surface area contributed by atoms with Crippen molar-refractivity contribution in [3.63, 3.8) is 0 Å². The molecule has 1 aromatic heterocycles. The molecule has 0 radical (unpaired) electrons. The summed E-state index contributed by atoms with van der Waals surface area (Å²) in [4.78, 5) is 15.1. The molecule has 5 heteroatoms. The van der Waals surface area contributed by atoms with Crippen molar-refractivity contribution in [2.24, 2.45) is 0 Å². The van der Waals surface area contributed by atoms with Crippen LogP contribution in [0.15, 0.2) is 12.5 Å². The predicted molar refractivity (Wildman–Crippen MR) is 60.9 cm³/mol. The van der Waals surface area contributed by atoms with Crippen LogP contribution in [0.1, 0.15) is 25.5 Å². The van der Waals surface area contributed by atoms with Crippen LogP contribution in [0.4, 0.5) is 0 Å². The third-order valence-electron chi connectivity index (χ3n) is 2.27. The molecule has 1 N–H and O–H groups in total. The third-order valence-corrected chi connectivity index (χ3v) is 2.27. The minimum atomic E-state index is -0.159. The van der Waals surface area contributed by atoms with Gasteiger partial charge in [0.15, 0.2) is 0 Å². The second-order valence-corrected chi connectivity index (χ2v) is 3.56. The second-order valence-electron chi connectivity index (χ2n) is 3.56. The number of hydrogen-bond donors (Lipinski definition) is 1. The van der Waals surface area contributed by atoms with E-state index in [1.54, 1.807) is 6.33 Å². The fourth-order valence-corrected chi connectivity index (χ4v) is 1.38. The van der Waals surface area contributed by atoms with Gasteiger partial charge in [0, 0.05) is 25.7 Å². The first-order valence-electron chi connectivity index (χ1n) is 5.54. The lowest BCUT2D eigenvalue weighted by Crippen LogP contribution is -2.11. The highest BCUT2D eigenvalue weighted by atomic mass is 16.5. The van der Waals surface area contributed by atoms with Crippen LogP contribution in [0.2, 0.25) is 0 Å². The van der Waals surface area contributed by atoms with Gasteiger partial charge in [0.1, 0.15) is 0 Å². The molecular weight excluding hydrogens is 206 g/mol. The highest BCUT2D eigenvalue weighted by Crippen LogP contribution is 2.00. The molecule has 0 spiro atoms. The highest BCUT2D eigenvalue weighted by molar-refractivity contribution is 5.68. The number of nitrogens with zero attached hydrogens (tertiary/aromatic N) is 2. The van der Waals surface area contributed by atoms with E-state index in [1.165, 1.54) is 7.11 Å². The van der Waals surface area contributed by atoms with Crippen LogP contribution in [0.3, 0.4) is 0 Å². The van der Waals surface area contributed by atoms with Crippen LogP contribution < -0.4 is 5.32 Å². The van der Waals surface area contributed by atoms with E-state index in [-0.39, 0.29) is 5.97 Å². The highest BCUT2D eigenvalue weighted by Gasteiger charge is 2.01. The van der Waals surface area contributed by atoms with Crippen molar-refractivity contribution in [3.8, 4) is 0 Å². The Balaban J connectivity index is 2.26. The maximum atomic E-state index is 10.9. The fourth-order valence-electron chi connectivity index (χ4n) is 1.38. The Morgan fingerprint density at radius 2 is 2.44 bits per heavy atom. The van der Waals surface area contributed by atoms with E-state index in [1.807, 2.05) is 10.8 Å². The Bertz CT molecular complexity index is 323. The minimum absolute atomic E-state index is 0.159. The molecule has 1 heterocycles. The summed E-state index contributed by atoms with van der Waals surface area (Å²) in [6.45, 7) is 4.59. The lowest BCUT2D eigenvalue weighted by Gasteiger charge is -2.01. The average Bonchev–Trinajstić information content (AvgIpc) is 2.74. The van der Waals surface area contributed by atoms with Crippen molar-refractivity contribution >= 4 is 5.97 Å². The maximum absolute atomic E-state index is 10.9. The van der Waals surface area contributed by atoms with Gasteiger partial charge in [-0.25, -0.2) is 4.98 Å². The first-order chi connectivity index (χ1) is 7.76. The van der Waals surface area contributed by atoms with E-state index in [2.05, 4.69) is 22.0 Å². The Labute approximate surface area is 95.8 Å². The topological polar surface area (TPSA) is 56.2 Å². The molecule has 0 aromatic carbocycles. The molecule has 0 aliphatic carbocycles. The smallest absolute Gasteiger partial charge is 0.305 e. The number of hydrogen-bond acceptors (Lipinski definition) is 4. The molecule has 0 saturated carbocycles. The lowest BCUT2D eigenvalue weighted by atomic mass is 10.3. The molecule has 0 bridgehead atoms. The number of esters is 1. The first kappa shape index (κ1) is 12.7. The van der Waals surface area contributed by atoms with Crippen molar-refractivity contribution in [1.29, 1.82) is 0 Å². The van der Waals surface area contributed by atoms with Crippen LogP contribution in [0.25, 0.3) is 0 Å². The Morgan fingerprint density at radius 3 is 3.12 bits per heavy atom. The molecule has 5 nitrogen and oxygen atoms in total. The molecule has 0 aliphatic heterocycles. The van der Waals surface area contributed by atoms with Crippen molar-refractivity contribution in [3.05, 3.63) is 18.2 Å². The average molecular weight is 225 g/mol. The normalized spacial score (nSPS) is 10.4. The Kier molecular flexibility index (Phi) is 5.56. The summed E-state index contributed by atoms with van der Waals surface area (Å²) in [5, 5.41) is 3.21. The third kappa shape index (κ3) is 4.44. The standard InChI is InChI=1S/C11H19N3O2/c1-3-12-7-10-8-14(9-13-10)6-4-5-11(15)16-2/h8-9,12H,3-7H2,1-2H3. The summed E-state index contributed by atoms with van der Waals surface area (Å²) in [6, 6.07) is 0. The molecule has 0 aliphatic rings. The molecule has 16 heavy (non-hydrogen) atoms. The van der Waals surface area contributed by atoms with Gasteiger partial charge in [-0.15, -0.1) is 0 Å². The van der Waals surface area contributed by atoms with E-state index >= 15 is 0 Å². The minimum Gasteiger partial charge on any atom is -0.469 e. The molecule has 90 valence electrons. The quantitative estimate of drug-likeness (QED) is 0.702. The van der Waals surface area contributed by atoms with E-state index in [9.17, 15) is 4.79 Å². The monoisotopic (exact) mass is 225 g/mol. The van der Waals surface area contributed by atoms with Gasteiger partial charge in [0.2, 0.25) is 0 Å². The summed E-state index contributed by atoms with van der Waals surface area (Å²) < 4.78 is 6.57. The van der Waals surface area contributed by atoms with Gasteiger partial charge in [-0.1, -0.05) is 6.92 Å². The summed E-state index contributed by atoms with van der Waals surface area (Å²) in [7, 11) is 1.41. The molecule has 0 atom stereocenters. The van der Waals surface area contributed by atoms with Crippen LogP contribution in [0, 0.1) is 0 Å². The van der Waals surface area contributed by atoms with Gasteiger partial charge in [-0.2, -0.15) is 0 Å². The van der Waals surface area contributed by atoms with Crippen LogP contribution in [-0.2, 0) is 22.6 Å². The molecule has 0 saturated heterocycles. The largest absolute Gasteiger partial charge is 0.469 e. The number of aryl methyl sites for hydroxylation is 1. The molecule has 0 fully saturated rings. The van der Waals surface area contributed by atoms with Crippen molar-refractivity contribution < 1.29 is 9.53 Å². The molecule has 0 unspecified atom stereocenters. The summed E-state index contributed by atoms with van der Waals surface area (Å²) in [6.07, 6.45) is 5.03. The van der Waals surface area contributed by atoms with Gasteiger partial charge >= 0.3 is 5.97 Å². The molecular formula is C11H19N3O2. The number of carbonyl (C=O) groups is 1. The van der Waals surface area contributed by atoms with Crippen LogP contribution >= 0.6 is 0 Å². The maximum Gasteiger partial charge on any atom is 0.305 e. The van der Waals surface area contributed by atoms with E-state index in [0.29, 0.717) is 6.42 Å². The fraction of sp³-hybridized carbons (Fsp3) is 0.636. The molecule has 1 rings (SSSR count). The summed E-state index contributed by atoms with van der Waals surface area (Å²) in [5.74, 6) is -0.159. The van der Waals surface area contributed by atoms with Gasteiger partial charge < -0.3 is 14.6 Å². The van der Waals surface area contributed by atoms with Crippen molar-refractivity contribution in [1.82, 2.24) is 14.9 Å². The first-order valence-corrected chi connectivity index (χ1v) is 5.54. The number of imidazole rings is 1. The summed E-state index contributed by atoms with van der Waals surface area (Å²) in [5.41, 5.74) is 1.03. The number of aromatic nitrogens is 2. The zero-order valence-corrected chi connectivity index (χ0v) is 9.90. The molecule has 1 aromatic rings. The van der Waals surface area contributed by atoms with E-state index < -0.39 is 0 Å². The Hall–Kier alpha value is -1.36. The predicted octanol–water partition coefficient (Wildman–Crippen LogP) is 0.946. The SMILES string of the molecule is CCNCc1cn(CCCC(=O)OC)cn1. The number of methoxy groups -OCH3 is 1. The second kappa shape index (κ2) is 7.00. The van der Waals surface area contributed by atoms with E-state index in [0.717, 1.165) is 31.7 Å². The van der Waals surface area contributed by atoms with Crippen LogP contribution in [0.5, 0.6) is 0 Å². The number of carbonyl (C=O) groups excluding carboxylic acids is 1. The summed E-state index contributed by atoms with van der Waals surface area (Å²) >= 11 is 0. The molecule has 0 amide bonds. The van der Waals surface area contributed by atoms with Gasteiger partial charge in [0.25, 0.3) is 0 Å². The number of nitrogens with one attached hydrogen (secondary N) is 1. The van der Waals surface area contributed by atoms with E-state index in [4.69, 9.17) is 0 Å². The zero-order valence-electron chi connectivity index (χ0n) is 9.90. The van der Waals surface area contributed by atoms with Crippen LogP contribution in [-0.4, -0.2) is 29.2 Å². The van der Waals surface area contributed by atoms with Crippen molar-refractivity contribution in [2.45, 2.75) is 32.9 Å². The Morgan fingerprint density at radius 1 is 1.62 bits per heavy atom. The van der Waals surface area contributed by atoms with Crippen molar-refractivity contribution in [2.75, 3.05) is 13.7 Å². The van der Waals surface area contributed by atoms with Gasteiger partial charge in [-0.05, 0) is 13.0 Å². The lowest BCUT2D eigenvalue weighted by molar-refractivity contribution is -0.140. The van der Waals surface area contributed by atoms with Gasteiger partial charge in [0.05, 0.1) is 19.1 Å². The van der Waals surface area contributed by atoms with Gasteiger partial charge in [-0.3, -0.25) is 4.79 Å². The number of ether oxygens (including phenoxy) is 1. The zero-order chi connectivity index (χ0) is 11.8. The number of rotatable bonds is 7.